The van der Waals surface area contributed by atoms with Gasteiger partial charge in [0, 0.05) is 24.9 Å². The smallest absolute Gasteiger partial charge is 0.288 e. The number of carbonyl (C=O) groups is 1. The van der Waals surface area contributed by atoms with Crippen molar-refractivity contribution >= 4 is 29.0 Å². The standard InChI is InChI=1S/C12H8ClN5O3/c1-17-6-8(5-14)11(16-17)15-12(19)7-2-3-9(13)10(4-7)18(20)21/h2-4,6H,1H3,(H,15,16,19). The molecule has 21 heavy (non-hydrogen) atoms. The van der Waals surface area contributed by atoms with Crippen molar-refractivity contribution in [1.82, 2.24) is 9.78 Å². The fraction of sp³-hybridized carbons (Fsp3) is 0.0833. The lowest BCUT2D eigenvalue weighted by Crippen LogP contribution is -2.13. The third-order valence-corrected chi connectivity index (χ3v) is 2.91. The summed E-state index contributed by atoms with van der Waals surface area (Å²) in [4.78, 5) is 22.2. The molecule has 8 nitrogen and oxygen atoms in total. The number of benzene rings is 1. The molecule has 0 bridgehead atoms. The van der Waals surface area contributed by atoms with Gasteiger partial charge in [-0.05, 0) is 12.1 Å². The molecule has 2 aromatic rings. The molecule has 1 aromatic heterocycles. The van der Waals surface area contributed by atoms with E-state index in [1.54, 1.807) is 7.05 Å². The first-order valence-electron chi connectivity index (χ1n) is 5.61. The third-order valence-electron chi connectivity index (χ3n) is 2.59. The number of nitro benzene ring substituents is 1. The van der Waals surface area contributed by atoms with E-state index in [2.05, 4.69) is 10.4 Å². The van der Waals surface area contributed by atoms with Crippen molar-refractivity contribution in [3.63, 3.8) is 0 Å². The molecule has 0 spiro atoms. The molecule has 1 amide bonds. The van der Waals surface area contributed by atoms with Gasteiger partial charge in [-0.25, -0.2) is 0 Å². The van der Waals surface area contributed by atoms with Gasteiger partial charge in [0.2, 0.25) is 0 Å². The summed E-state index contributed by atoms with van der Waals surface area (Å²) in [5.41, 5.74) is -0.138. The average Bonchev–Trinajstić information content (AvgIpc) is 2.78. The van der Waals surface area contributed by atoms with Gasteiger partial charge < -0.3 is 5.32 Å². The van der Waals surface area contributed by atoms with Crippen LogP contribution in [-0.4, -0.2) is 20.6 Å². The molecule has 0 atom stereocenters. The minimum atomic E-state index is -0.680. The largest absolute Gasteiger partial charge is 0.304 e. The molecule has 106 valence electrons. The quantitative estimate of drug-likeness (QED) is 0.689. The van der Waals surface area contributed by atoms with Crippen LogP contribution >= 0.6 is 11.6 Å². The lowest BCUT2D eigenvalue weighted by molar-refractivity contribution is -0.384. The summed E-state index contributed by atoms with van der Waals surface area (Å²) in [6.45, 7) is 0. The number of anilines is 1. The van der Waals surface area contributed by atoms with Crippen molar-refractivity contribution in [1.29, 1.82) is 5.26 Å². The van der Waals surface area contributed by atoms with Crippen LogP contribution in [0.15, 0.2) is 24.4 Å². The van der Waals surface area contributed by atoms with E-state index in [0.29, 0.717) is 0 Å². The Kier molecular flexibility index (Phi) is 3.86. The van der Waals surface area contributed by atoms with Crippen molar-refractivity contribution in [2.24, 2.45) is 7.05 Å². The van der Waals surface area contributed by atoms with Crippen molar-refractivity contribution in [3.8, 4) is 6.07 Å². The van der Waals surface area contributed by atoms with E-state index < -0.39 is 10.8 Å². The first kappa shape index (κ1) is 14.5. The number of nitrogens with one attached hydrogen (secondary N) is 1. The lowest BCUT2D eigenvalue weighted by atomic mass is 10.2. The summed E-state index contributed by atoms with van der Waals surface area (Å²) in [7, 11) is 1.60. The van der Waals surface area contributed by atoms with Crippen molar-refractivity contribution in [2.45, 2.75) is 0 Å². The Labute approximate surface area is 123 Å². The zero-order valence-electron chi connectivity index (χ0n) is 10.7. The molecule has 0 saturated carbocycles. The summed E-state index contributed by atoms with van der Waals surface area (Å²) in [5, 5.41) is 26.0. The minimum absolute atomic E-state index is 0.0423. The van der Waals surface area contributed by atoms with Gasteiger partial charge in [0.15, 0.2) is 5.82 Å². The van der Waals surface area contributed by atoms with Crippen LogP contribution in [0, 0.1) is 21.4 Å². The molecule has 0 unspecified atom stereocenters. The summed E-state index contributed by atoms with van der Waals surface area (Å²) in [5.74, 6) is -0.535. The highest BCUT2D eigenvalue weighted by Crippen LogP contribution is 2.25. The van der Waals surface area contributed by atoms with E-state index in [-0.39, 0.29) is 27.7 Å². The fourth-order valence-electron chi connectivity index (χ4n) is 1.64. The summed E-state index contributed by atoms with van der Waals surface area (Å²) < 4.78 is 1.37. The van der Waals surface area contributed by atoms with Crippen LogP contribution < -0.4 is 5.32 Å². The molecule has 0 fully saturated rings. The van der Waals surface area contributed by atoms with Crippen molar-refractivity contribution < 1.29 is 9.72 Å². The number of carbonyl (C=O) groups excluding carboxylic acids is 1. The predicted octanol–water partition coefficient (Wildman–Crippen LogP) is 2.11. The van der Waals surface area contributed by atoms with Crippen molar-refractivity contribution in [3.05, 3.63) is 50.7 Å². The van der Waals surface area contributed by atoms with Gasteiger partial charge in [-0.15, -0.1) is 0 Å². The topological polar surface area (TPSA) is 114 Å². The maximum Gasteiger partial charge on any atom is 0.288 e. The summed E-state index contributed by atoms with van der Waals surface area (Å²) >= 11 is 5.67. The number of nitro groups is 1. The number of hydrogen-bond acceptors (Lipinski definition) is 5. The van der Waals surface area contributed by atoms with Gasteiger partial charge >= 0.3 is 0 Å². The number of rotatable bonds is 3. The predicted molar refractivity (Wildman–Crippen MR) is 74.0 cm³/mol. The van der Waals surface area contributed by atoms with Gasteiger partial charge in [0.25, 0.3) is 11.6 Å². The molecule has 1 heterocycles. The fourth-order valence-corrected chi connectivity index (χ4v) is 1.82. The second kappa shape index (κ2) is 5.60. The Morgan fingerprint density at radius 3 is 2.90 bits per heavy atom. The summed E-state index contributed by atoms with van der Waals surface area (Å²) in [6, 6.07) is 5.56. The number of hydrogen-bond donors (Lipinski definition) is 1. The van der Waals surface area contributed by atoms with Crippen LogP contribution in [0.5, 0.6) is 0 Å². The molecule has 0 radical (unpaired) electrons. The van der Waals surface area contributed by atoms with E-state index in [0.717, 1.165) is 6.07 Å². The Balaban J connectivity index is 2.31. The molecule has 0 aliphatic heterocycles. The normalized spacial score (nSPS) is 9.95. The van der Waals surface area contributed by atoms with Crippen LogP contribution in [-0.2, 0) is 7.05 Å². The molecule has 9 heteroatoms. The third kappa shape index (κ3) is 2.98. The minimum Gasteiger partial charge on any atom is -0.304 e. The highest BCUT2D eigenvalue weighted by atomic mass is 35.5. The molecular weight excluding hydrogens is 298 g/mol. The second-order valence-corrected chi connectivity index (χ2v) is 4.46. The molecule has 0 saturated heterocycles. The second-order valence-electron chi connectivity index (χ2n) is 4.05. The maximum atomic E-state index is 12.0. The average molecular weight is 306 g/mol. The van der Waals surface area contributed by atoms with E-state index in [1.807, 2.05) is 6.07 Å². The van der Waals surface area contributed by atoms with Crippen LogP contribution in [0.3, 0.4) is 0 Å². The van der Waals surface area contributed by atoms with Crippen LogP contribution in [0.2, 0.25) is 5.02 Å². The molecule has 1 aromatic carbocycles. The summed E-state index contributed by atoms with van der Waals surface area (Å²) in [6.07, 6.45) is 1.44. The van der Waals surface area contributed by atoms with Gasteiger partial charge in [-0.2, -0.15) is 10.4 Å². The van der Waals surface area contributed by atoms with E-state index >= 15 is 0 Å². The molecule has 1 N–H and O–H groups in total. The van der Waals surface area contributed by atoms with Crippen LogP contribution in [0.25, 0.3) is 0 Å². The highest BCUT2D eigenvalue weighted by Gasteiger charge is 2.18. The van der Waals surface area contributed by atoms with E-state index in [1.165, 1.54) is 23.0 Å². The number of halogens is 1. The van der Waals surface area contributed by atoms with Gasteiger partial charge in [-0.3, -0.25) is 19.6 Å². The Morgan fingerprint density at radius 1 is 1.57 bits per heavy atom. The van der Waals surface area contributed by atoms with E-state index in [9.17, 15) is 14.9 Å². The Bertz CT molecular complexity index is 778. The van der Waals surface area contributed by atoms with Gasteiger partial charge in [0.05, 0.1) is 4.92 Å². The van der Waals surface area contributed by atoms with Crippen LogP contribution in [0.1, 0.15) is 15.9 Å². The van der Waals surface area contributed by atoms with Crippen LogP contribution in [0.4, 0.5) is 11.5 Å². The number of aromatic nitrogens is 2. The zero-order valence-corrected chi connectivity index (χ0v) is 11.5. The first-order valence-corrected chi connectivity index (χ1v) is 5.99. The molecule has 0 aliphatic rings. The molecule has 2 rings (SSSR count). The lowest BCUT2D eigenvalue weighted by Gasteiger charge is -2.03. The number of amides is 1. The van der Waals surface area contributed by atoms with E-state index in [4.69, 9.17) is 16.9 Å². The number of aryl methyl sites for hydroxylation is 1. The van der Waals surface area contributed by atoms with Gasteiger partial charge in [0.1, 0.15) is 16.7 Å². The first-order chi connectivity index (χ1) is 9.92. The Hall–Kier alpha value is -2.92. The number of nitrogens with zero attached hydrogens (tertiary/aromatic N) is 4. The molecular formula is C12H8ClN5O3. The number of nitriles is 1. The zero-order chi connectivity index (χ0) is 15.6. The highest BCUT2D eigenvalue weighted by molar-refractivity contribution is 6.32. The Morgan fingerprint density at radius 2 is 2.29 bits per heavy atom. The SMILES string of the molecule is Cn1cc(C#N)c(NC(=O)c2ccc(Cl)c([N+](=O)[O-])c2)n1. The monoisotopic (exact) mass is 305 g/mol. The van der Waals surface area contributed by atoms with Crippen molar-refractivity contribution in [2.75, 3.05) is 5.32 Å². The van der Waals surface area contributed by atoms with Gasteiger partial charge in [-0.1, -0.05) is 11.6 Å². The maximum absolute atomic E-state index is 12.0. The molecule has 0 aliphatic carbocycles.